The number of carbonyl (C=O) groups is 1. The lowest BCUT2D eigenvalue weighted by atomic mass is 9.90. The number of fused-ring (bicyclic) bond motifs is 1. The average Bonchev–Trinajstić information content (AvgIpc) is 3.59. The summed E-state index contributed by atoms with van der Waals surface area (Å²) in [5, 5.41) is 4.55. The monoisotopic (exact) mass is 446 g/mol. The average molecular weight is 447 g/mol. The SMILES string of the molecule is CN(C)c1ccc([C@H](CNC(=O)[C@@H](C2CC2)N2CCOCC2)c2c[nH]c3ccccc23)cc1. The van der Waals surface area contributed by atoms with Gasteiger partial charge >= 0.3 is 0 Å². The van der Waals surface area contributed by atoms with Crippen molar-refractivity contribution >= 4 is 22.5 Å². The number of morpholine rings is 1. The van der Waals surface area contributed by atoms with Crippen LogP contribution in [0.1, 0.15) is 29.9 Å². The molecule has 1 aliphatic carbocycles. The van der Waals surface area contributed by atoms with E-state index in [1.54, 1.807) is 0 Å². The van der Waals surface area contributed by atoms with Gasteiger partial charge in [0.25, 0.3) is 0 Å². The summed E-state index contributed by atoms with van der Waals surface area (Å²) in [4.78, 5) is 21.3. The van der Waals surface area contributed by atoms with Gasteiger partial charge in [-0.25, -0.2) is 0 Å². The maximum absolute atomic E-state index is 13.4. The molecule has 2 atom stereocenters. The number of nitrogens with one attached hydrogen (secondary N) is 2. The molecule has 2 N–H and O–H groups in total. The smallest absolute Gasteiger partial charge is 0.237 e. The van der Waals surface area contributed by atoms with E-state index in [0.29, 0.717) is 25.7 Å². The summed E-state index contributed by atoms with van der Waals surface area (Å²) in [7, 11) is 4.10. The van der Waals surface area contributed by atoms with Crippen molar-refractivity contribution in [2.24, 2.45) is 5.92 Å². The molecule has 2 heterocycles. The predicted octanol–water partition coefficient (Wildman–Crippen LogP) is 3.59. The Morgan fingerprint density at radius 2 is 1.85 bits per heavy atom. The highest BCUT2D eigenvalue weighted by Gasteiger charge is 2.40. The van der Waals surface area contributed by atoms with Crippen LogP contribution < -0.4 is 10.2 Å². The van der Waals surface area contributed by atoms with Crippen molar-refractivity contribution in [1.29, 1.82) is 0 Å². The van der Waals surface area contributed by atoms with E-state index in [1.807, 2.05) is 6.07 Å². The van der Waals surface area contributed by atoms with Gasteiger partial charge in [-0.05, 0) is 48.1 Å². The number of benzene rings is 2. The normalized spacial score (nSPS) is 18.7. The Hall–Kier alpha value is -2.83. The van der Waals surface area contributed by atoms with Crippen molar-refractivity contribution in [3.63, 3.8) is 0 Å². The fourth-order valence-corrected chi connectivity index (χ4v) is 5.05. The molecule has 3 aromatic rings. The molecule has 1 saturated heterocycles. The van der Waals surface area contributed by atoms with Gasteiger partial charge in [-0.2, -0.15) is 0 Å². The van der Waals surface area contributed by atoms with Crippen molar-refractivity contribution in [2.45, 2.75) is 24.8 Å². The number of ether oxygens (including phenoxy) is 1. The molecule has 2 fully saturated rings. The van der Waals surface area contributed by atoms with Crippen LogP contribution in [-0.2, 0) is 9.53 Å². The van der Waals surface area contributed by atoms with Crippen LogP contribution in [0.15, 0.2) is 54.7 Å². The molecule has 174 valence electrons. The van der Waals surface area contributed by atoms with Gasteiger partial charge in [0.15, 0.2) is 0 Å². The largest absolute Gasteiger partial charge is 0.379 e. The Bertz CT molecular complexity index is 1080. The standard InChI is InChI=1S/C27H34N4O2/c1-30(2)21-11-9-19(10-12-21)23(24-18-28-25-6-4-3-5-22(24)25)17-29-27(32)26(20-7-8-20)31-13-15-33-16-14-31/h3-6,9-12,18,20,23,26,28H,7-8,13-17H2,1-2H3,(H,29,32)/t23-,26+/m0/s1. The topological polar surface area (TPSA) is 60.6 Å². The fourth-order valence-electron chi connectivity index (χ4n) is 5.05. The number of aromatic amines is 1. The van der Waals surface area contributed by atoms with E-state index in [2.05, 4.69) is 82.9 Å². The second-order valence-corrected chi connectivity index (χ2v) is 9.50. The summed E-state index contributed by atoms with van der Waals surface area (Å²) in [6.45, 7) is 3.69. The van der Waals surface area contributed by atoms with Gasteiger partial charge in [0.1, 0.15) is 0 Å². The molecule has 1 amide bonds. The molecule has 5 rings (SSSR count). The fraction of sp³-hybridized carbons (Fsp3) is 0.444. The molecule has 1 aromatic heterocycles. The van der Waals surface area contributed by atoms with E-state index in [0.717, 1.165) is 31.4 Å². The summed E-state index contributed by atoms with van der Waals surface area (Å²) >= 11 is 0. The van der Waals surface area contributed by atoms with Crippen molar-refractivity contribution in [1.82, 2.24) is 15.2 Å². The first-order valence-corrected chi connectivity index (χ1v) is 12.0. The highest BCUT2D eigenvalue weighted by molar-refractivity contribution is 5.85. The lowest BCUT2D eigenvalue weighted by Gasteiger charge is -2.34. The number of rotatable bonds is 8. The third kappa shape index (κ3) is 4.77. The number of carbonyl (C=O) groups excluding carboxylic acids is 1. The van der Waals surface area contributed by atoms with Crippen LogP contribution in [0.5, 0.6) is 0 Å². The van der Waals surface area contributed by atoms with E-state index in [1.165, 1.54) is 22.2 Å². The van der Waals surface area contributed by atoms with E-state index >= 15 is 0 Å². The van der Waals surface area contributed by atoms with Gasteiger partial charge in [0.05, 0.1) is 19.3 Å². The molecule has 1 saturated carbocycles. The Labute approximate surface area is 195 Å². The summed E-state index contributed by atoms with van der Waals surface area (Å²) in [5.74, 6) is 0.717. The molecule has 1 aliphatic heterocycles. The van der Waals surface area contributed by atoms with Gasteiger partial charge in [-0.15, -0.1) is 0 Å². The zero-order valence-corrected chi connectivity index (χ0v) is 19.6. The summed E-state index contributed by atoms with van der Waals surface area (Å²) < 4.78 is 5.52. The number of H-pyrrole nitrogens is 1. The van der Waals surface area contributed by atoms with Crippen molar-refractivity contribution in [2.75, 3.05) is 51.8 Å². The summed E-state index contributed by atoms with van der Waals surface area (Å²) in [6.07, 6.45) is 4.39. The number of anilines is 1. The quantitative estimate of drug-likeness (QED) is 0.555. The van der Waals surface area contributed by atoms with Crippen molar-refractivity contribution in [3.8, 4) is 0 Å². The maximum Gasteiger partial charge on any atom is 0.237 e. The first-order chi connectivity index (χ1) is 16.1. The van der Waals surface area contributed by atoms with Gasteiger partial charge in [0, 0.05) is 62.4 Å². The molecule has 33 heavy (non-hydrogen) atoms. The van der Waals surface area contributed by atoms with Crippen LogP contribution in [0.3, 0.4) is 0 Å². The molecule has 2 aromatic carbocycles. The molecule has 0 spiro atoms. The molecule has 2 aliphatic rings. The Morgan fingerprint density at radius 1 is 1.12 bits per heavy atom. The van der Waals surface area contributed by atoms with Crippen molar-refractivity contribution < 1.29 is 9.53 Å². The molecule has 0 radical (unpaired) electrons. The van der Waals surface area contributed by atoms with Crippen LogP contribution in [0.25, 0.3) is 10.9 Å². The lowest BCUT2D eigenvalue weighted by molar-refractivity contribution is -0.129. The second kappa shape index (κ2) is 9.57. The minimum Gasteiger partial charge on any atom is -0.379 e. The Balaban J connectivity index is 1.40. The molecular weight excluding hydrogens is 412 g/mol. The van der Waals surface area contributed by atoms with Crippen LogP contribution >= 0.6 is 0 Å². The minimum atomic E-state index is -0.0337. The highest BCUT2D eigenvalue weighted by Crippen LogP contribution is 2.36. The number of nitrogens with zero attached hydrogens (tertiary/aromatic N) is 2. The third-order valence-electron chi connectivity index (χ3n) is 7.07. The van der Waals surface area contributed by atoms with Gasteiger partial charge < -0.3 is 19.9 Å². The number of para-hydroxylation sites is 1. The molecule has 0 unspecified atom stereocenters. The highest BCUT2D eigenvalue weighted by atomic mass is 16.5. The van der Waals surface area contributed by atoms with Crippen molar-refractivity contribution in [3.05, 3.63) is 65.9 Å². The Morgan fingerprint density at radius 3 is 2.55 bits per heavy atom. The van der Waals surface area contributed by atoms with Gasteiger partial charge in [-0.1, -0.05) is 30.3 Å². The van der Waals surface area contributed by atoms with E-state index in [-0.39, 0.29) is 17.9 Å². The zero-order chi connectivity index (χ0) is 22.8. The third-order valence-corrected chi connectivity index (χ3v) is 7.07. The van der Waals surface area contributed by atoms with E-state index in [4.69, 9.17) is 4.74 Å². The second-order valence-electron chi connectivity index (χ2n) is 9.50. The number of amides is 1. The zero-order valence-electron chi connectivity index (χ0n) is 19.6. The number of hydrogen-bond acceptors (Lipinski definition) is 4. The molecule has 6 nitrogen and oxygen atoms in total. The number of aromatic nitrogens is 1. The molecule has 6 heteroatoms. The summed E-state index contributed by atoms with van der Waals surface area (Å²) in [5.41, 5.74) is 4.72. The lowest BCUT2D eigenvalue weighted by Crippen LogP contribution is -2.52. The van der Waals surface area contributed by atoms with Crippen LogP contribution in [0, 0.1) is 5.92 Å². The van der Waals surface area contributed by atoms with E-state index in [9.17, 15) is 4.79 Å². The summed E-state index contributed by atoms with van der Waals surface area (Å²) in [6, 6.07) is 17.0. The maximum atomic E-state index is 13.4. The van der Waals surface area contributed by atoms with Gasteiger partial charge in [0.2, 0.25) is 5.91 Å². The first-order valence-electron chi connectivity index (χ1n) is 12.0. The van der Waals surface area contributed by atoms with Crippen LogP contribution in [0.4, 0.5) is 5.69 Å². The molecular formula is C27H34N4O2. The van der Waals surface area contributed by atoms with Crippen LogP contribution in [0.2, 0.25) is 0 Å². The minimum absolute atomic E-state index is 0.0337. The number of hydrogen-bond donors (Lipinski definition) is 2. The predicted molar refractivity (Wildman–Crippen MR) is 133 cm³/mol. The van der Waals surface area contributed by atoms with Gasteiger partial charge in [-0.3, -0.25) is 9.69 Å². The molecule has 0 bridgehead atoms. The van der Waals surface area contributed by atoms with Crippen LogP contribution in [-0.4, -0.2) is 68.8 Å². The first kappa shape index (κ1) is 22.0. The Kier molecular flexibility index (Phi) is 6.38. The van der Waals surface area contributed by atoms with E-state index < -0.39 is 0 Å².